The van der Waals surface area contributed by atoms with Crippen molar-refractivity contribution in [3.63, 3.8) is 0 Å². The van der Waals surface area contributed by atoms with E-state index in [1.165, 1.54) is 0 Å². The van der Waals surface area contributed by atoms with Crippen molar-refractivity contribution in [1.82, 2.24) is 9.78 Å². The molecule has 0 bridgehead atoms. The zero-order chi connectivity index (χ0) is 10.7. The maximum absolute atomic E-state index is 5.54. The van der Waals surface area contributed by atoms with Gasteiger partial charge in [0.2, 0.25) is 0 Å². The van der Waals surface area contributed by atoms with Gasteiger partial charge >= 0.3 is 0 Å². The summed E-state index contributed by atoms with van der Waals surface area (Å²) in [5.74, 6) is 0. The normalized spacial score (nSPS) is 10.5. The Morgan fingerprint density at radius 3 is 2.64 bits per heavy atom. The van der Waals surface area contributed by atoms with Crippen molar-refractivity contribution in [1.29, 1.82) is 0 Å². The Bertz CT molecular complexity index is 346. The van der Waals surface area contributed by atoms with Gasteiger partial charge in [0.1, 0.15) is 0 Å². The van der Waals surface area contributed by atoms with Crippen molar-refractivity contribution in [2.75, 3.05) is 0 Å². The van der Waals surface area contributed by atoms with Crippen LogP contribution in [0.1, 0.15) is 25.2 Å². The lowest BCUT2D eigenvalue weighted by molar-refractivity contribution is 0.625. The fourth-order valence-corrected chi connectivity index (χ4v) is 2.19. The summed E-state index contributed by atoms with van der Waals surface area (Å²) >= 11 is 8.44. The van der Waals surface area contributed by atoms with E-state index in [4.69, 9.17) is 18.0 Å². The van der Waals surface area contributed by atoms with E-state index in [1.807, 2.05) is 4.68 Å². The van der Waals surface area contributed by atoms with Gasteiger partial charge in [0.15, 0.2) is 0 Å². The third kappa shape index (κ3) is 2.33. The van der Waals surface area contributed by atoms with Crippen molar-refractivity contribution >= 4 is 33.1 Å². The van der Waals surface area contributed by atoms with Crippen molar-refractivity contribution < 1.29 is 0 Å². The minimum absolute atomic E-state index is 0.503. The van der Waals surface area contributed by atoms with Crippen LogP contribution < -0.4 is 5.73 Å². The zero-order valence-corrected chi connectivity index (χ0v) is 10.8. The molecule has 0 aromatic carbocycles. The Morgan fingerprint density at radius 2 is 2.21 bits per heavy atom. The van der Waals surface area contributed by atoms with Crippen LogP contribution in [0.4, 0.5) is 0 Å². The highest BCUT2D eigenvalue weighted by Gasteiger charge is 2.13. The molecule has 1 heterocycles. The Kier molecular flexibility index (Phi) is 4.07. The summed E-state index contributed by atoms with van der Waals surface area (Å²) in [5, 5.41) is 4.45. The van der Waals surface area contributed by atoms with E-state index >= 15 is 0 Å². The van der Waals surface area contributed by atoms with Crippen molar-refractivity contribution in [3.05, 3.63) is 15.9 Å². The van der Waals surface area contributed by atoms with E-state index in [1.54, 1.807) is 0 Å². The standard InChI is InChI=1S/C9H14BrN3S/c1-3-6-9(10)7(5-8(11)14)13(4-2)12-6/h3-5H2,1-2H3,(H2,11,14). The van der Waals surface area contributed by atoms with E-state index in [2.05, 4.69) is 34.9 Å². The van der Waals surface area contributed by atoms with Gasteiger partial charge in [-0.3, -0.25) is 4.68 Å². The molecule has 0 atom stereocenters. The van der Waals surface area contributed by atoms with Crippen LogP contribution in [0, 0.1) is 0 Å². The number of thiocarbonyl (C=S) groups is 1. The van der Waals surface area contributed by atoms with Crippen LogP contribution in [0.15, 0.2) is 4.47 Å². The van der Waals surface area contributed by atoms with Gasteiger partial charge in [-0.05, 0) is 29.3 Å². The summed E-state index contributed by atoms with van der Waals surface area (Å²) in [4.78, 5) is 0.503. The quantitative estimate of drug-likeness (QED) is 0.856. The lowest BCUT2D eigenvalue weighted by Gasteiger charge is -2.03. The second-order valence-electron chi connectivity index (χ2n) is 3.02. The number of nitrogens with zero attached hydrogens (tertiary/aromatic N) is 2. The number of hydrogen-bond acceptors (Lipinski definition) is 2. The first-order chi connectivity index (χ1) is 6.60. The van der Waals surface area contributed by atoms with E-state index in [0.29, 0.717) is 11.4 Å². The number of nitrogens with two attached hydrogens (primary N) is 1. The molecule has 0 radical (unpaired) electrons. The summed E-state index contributed by atoms with van der Waals surface area (Å²) in [6, 6.07) is 0. The number of aromatic nitrogens is 2. The molecule has 0 saturated heterocycles. The van der Waals surface area contributed by atoms with E-state index in [0.717, 1.165) is 28.8 Å². The van der Waals surface area contributed by atoms with E-state index < -0.39 is 0 Å². The maximum Gasteiger partial charge on any atom is 0.0787 e. The molecule has 1 aromatic heterocycles. The number of aryl methyl sites for hydroxylation is 2. The van der Waals surface area contributed by atoms with E-state index in [-0.39, 0.29) is 0 Å². The molecule has 0 fully saturated rings. The van der Waals surface area contributed by atoms with Crippen LogP contribution in [0.25, 0.3) is 0 Å². The predicted octanol–water partition coefficient (Wildman–Crippen LogP) is 2.06. The summed E-state index contributed by atoms with van der Waals surface area (Å²) in [7, 11) is 0. The molecule has 0 amide bonds. The lowest BCUT2D eigenvalue weighted by atomic mass is 10.2. The number of rotatable bonds is 4. The first-order valence-corrected chi connectivity index (χ1v) is 5.82. The molecule has 0 spiro atoms. The molecule has 5 heteroatoms. The topological polar surface area (TPSA) is 43.8 Å². The summed E-state index contributed by atoms with van der Waals surface area (Å²) < 4.78 is 3.00. The highest BCUT2D eigenvalue weighted by molar-refractivity contribution is 9.10. The van der Waals surface area contributed by atoms with Gasteiger partial charge < -0.3 is 5.73 Å². The molecular weight excluding hydrogens is 262 g/mol. The van der Waals surface area contributed by atoms with Crippen molar-refractivity contribution in [2.24, 2.45) is 5.73 Å². The van der Waals surface area contributed by atoms with Gasteiger partial charge in [0.05, 0.1) is 20.8 Å². The monoisotopic (exact) mass is 275 g/mol. The van der Waals surface area contributed by atoms with Gasteiger partial charge in [0.25, 0.3) is 0 Å². The lowest BCUT2D eigenvalue weighted by Crippen LogP contribution is -2.15. The average molecular weight is 276 g/mol. The maximum atomic E-state index is 5.54. The molecular formula is C9H14BrN3S. The number of hydrogen-bond donors (Lipinski definition) is 1. The third-order valence-corrected chi connectivity index (χ3v) is 3.10. The summed E-state index contributed by atoms with van der Waals surface area (Å²) in [5.41, 5.74) is 7.69. The van der Waals surface area contributed by atoms with Crippen LogP contribution in [0.2, 0.25) is 0 Å². The Balaban J connectivity index is 3.10. The third-order valence-electron chi connectivity index (χ3n) is 2.04. The van der Waals surface area contributed by atoms with Gasteiger partial charge in [-0.2, -0.15) is 5.10 Å². The second kappa shape index (κ2) is 4.89. The van der Waals surface area contributed by atoms with Crippen molar-refractivity contribution in [3.8, 4) is 0 Å². The minimum atomic E-state index is 0.503. The minimum Gasteiger partial charge on any atom is -0.393 e. The Hall–Kier alpha value is -0.420. The first-order valence-electron chi connectivity index (χ1n) is 4.62. The van der Waals surface area contributed by atoms with Crippen LogP contribution in [0.3, 0.4) is 0 Å². The SMILES string of the molecule is CCc1nn(CC)c(CC(N)=S)c1Br. The Labute approximate surface area is 97.8 Å². The Morgan fingerprint density at radius 1 is 1.57 bits per heavy atom. The van der Waals surface area contributed by atoms with Gasteiger partial charge in [-0.1, -0.05) is 19.1 Å². The largest absolute Gasteiger partial charge is 0.393 e. The predicted molar refractivity (Wildman–Crippen MR) is 65.5 cm³/mol. The molecule has 0 unspecified atom stereocenters. The van der Waals surface area contributed by atoms with Crippen LogP contribution in [-0.2, 0) is 19.4 Å². The second-order valence-corrected chi connectivity index (χ2v) is 4.34. The molecule has 0 aliphatic carbocycles. The molecule has 2 N–H and O–H groups in total. The van der Waals surface area contributed by atoms with Crippen LogP contribution >= 0.6 is 28.1 Å². The highest BCUT2D eigenvalue weighted by atomic mass is 79.9. The average Bonchev–Trinajstić information content (AvgIpc) is 2.43. The van der Waals surface area contributed by atoms with Gasteiger partial charge in [-0.15, -0.1) is 0 Å². The van der Waals surface area contributed by atoms with Gasteiger partial charge in [-0.25, -0.2) is 0 Å². The molecule has 14 heavy (non-hydrogen) atoms. The molecule has 0 aliphatic rings. The fourth-order valence-electron chi connectivity index (χ4n) is 1.35. The molecule has 3 nitrogen and oxygen atoms in total. The molecule has 0 saturated carbocycles. The van der Waals surface area contributed by atoms with Crippen LogP contribution in [-0.4, -0.2) is 14.8 Å². The van der Waals surface area contributed by atoms with E-state index in [9.17, 15) is 0 Å². The smallest absolute Gasteiger partial charge is 0.0787 e. The zero-order valence-electron chi connectivity index (χ0n) is 8.38. The van der Waals surface area contributed by atoms with Gasteiger partial charge in [0, 0.05) is 13.0 Å². The molecule has 1 rings (SSSR count). The molecule has 0 aliphatic heterocycles. The highest BCUT2D eigenvalue weighted by Crippen LogP contribution is 2.22. The molecule has 78 valence electrons. The van der Waals surface area contributed by atoms with Crippen molar-refractivity contribution in [2.45, 2.75) is 33.2 Å². The molecule has 1 aromatic rings. The fraction of sp³-hybridized carbons (Fsp3) is 0.556. The number of halogens is 1. The summed E-state index contributed by atoms with van der Waals surface area (Å²) in [6.07, 6.45) is 1.52. The first kappa shape index (κ1) is 11.7. The summed E-state index contributed by atoms with van der Waals surface area (Å²) in [6.45, 7) is 4.98. The van der Waals surface area contributed by atoms with Crippen LogP contribution in [0.5, 0.6) is 0 Å².